The molecule has 1 fully saturated rings. The lowest BCUT2D eigenvalue weighted by Gasteiger charge is -2.35. The van der Waals surface area contributed by atoms with Crippen molar-refractivity contribution in [3.63, 3.8) is 0 Å². The molecule has 0 aliphatic carbocycles. The van der Waals surface area contributed by atoms with Crippen molar-refractivity contribution in [1.29, 1.82) is 5.26 Å². The zero-order valence-corrected chi connectivity index (χ0v) is 17.4. The van der Waals surface area contributed by atoms with Crippen LogP contribution in [-0.4, -0.2) is 52.2 Å². The number of nitrogens with zero attached hydrogens (tertiary/aromatic N) is 5. The lowest BCUT2D eigenvalue weighted by Crippen LogP contribution is -2.46. The fraction of sp³-hybridized carbons (Fsp3) is 0.273. The Balaban J connectivity index is 1.43. The molecule has 2 aromatic heterocycles. The SMILES string of the molecule is N#Cc1ccc(-c2n[nH]cc2CN2CCN(c3ccc(C(F)(F)F)cn3)CC2)cc1C(N)=O. The van der Waals surface area contributed by atoms with Crippen LogP contribution >= 0.6 is 0 Å². The van der Waals surface area contributed by atoms with Gasteiger partial charge in [-0.15, -0.1) is 0 Å². The van der Waals surface area contributed by atoms with E-state index in [2.05, 4.69) is 20.1 Å². The largest absolute Gasteiger partial charge is 0.417 e. The minimum atomic E-state index is -4.40. The van der Waals surface area contributed by atoms with E-state index < -0.39 is 17.6 Å². The quantitative estimate of drug-likeness (QED) is 0.612. The molecule has 33 heavy (non-hydrogen) atoms. The number of nitrogens with one attached hydrogen (secondary N) is 1. The molecule has 0 radical (unpaired) electrons. The summed E-state index contributed by atoms with van der Waals surface area (Å²) in [6, 6.07) is 9.23. The highest BCUT2D eigenvalue weighted by atomic mass is 19.4. The van der Waals surface area contributed by atoms with Gasteiger partial charge < -0.3 is 10.6 Å². The molecule has 0 unspecified atom stereocenters. The summed E-state index contributed by atoms with van der Waals surface area (Å²) in [6.07, 6.45) is -1.77. The third-order valence-corrected chi connectivity index (χ3v) is 5.56. The van der Waals surface area contributed by atoms with E-state index >= 15 is 0 Å². The highest BCUT2D eigenvalue weighted by molar-refractivity contribution is 5.96. The van der Waals surface area contributed by atoms with Crippen LogP contribution in [0.15, 0.2) is 42.7 Å². The Bertz CT molecular complexity index is 1190. The summed E-state index contributed by atoms with van der Waals surface area (Å²) in [5, 5.41) is 16.3. The summed E-state index contributed by atoms with van der Waals surface area (Å²) in [7, 11) is 0. The van der Waals surface area contributed by atoms with Gasteiger partial charge in [0.05, 0.1) is 28.5 Å². The molecule has 3 aromatic rings. The first-order chi connectivity index (χ1) is 15.8. The van der Waals surface area contributed by atoms with Crippen molar-refractivity contribution in [2.24, 2.45) is 5.73 Å². The Labute approximate surface area is 187 Å². The molecule has 0 saturated carbocycles. The Morgan fingerprint density at radius 1 is 1.18 bits per heavy atom. The first-order valence-electron chi connectivity index (χ1n) is 10.1. The molecule has 1 aliphatic heterocycles. The van der Waals surface area contributed by atoms with Gasteiger partial charge in [0, 0.05) is 56.2 Å². The van der Waals surface area contributed by atoms with Gasteiger partial charge in [-0.3, -0.25) is 14.8 Å². The molecule has 1 aliphatic rings. The average molecular weight is 455 g/mol. The van der Waals surface area contributed by atoms with Gasteiger partial charge in [0.15, 0.2) is 0 Å². The van der Waals surface area contributed by atoms with E-state index in [1.165, 1.54) is 6.07 Å². The summed E-state index contributed by atoms with van der Waals surface area (Å²) in [5.41, 5.74) is 7.23. The van der Waals surface area contributed by atoms with Crippen molar-refractivity contribution >= 4 is 11.7 Å². The molecule has 0 atom stereocenters. The molecule has 11 heteroatoms. The van der Waals surface area contributed by atoms with Gasteiger partial charge >= 0.3 is 6.18 Å². The number of carbonyl (C=O) groups is 1. The van der Waals surface area contributed by atoms with Gasteiger partial charge in [-0.25, -0.2) is 4.98 Å². The van der Waals surface area contributed by atoms with Crippen LogP contribution in [0.3, 0.4) is 0 Å². The maximum Gasteiger partial charge on any atom is 0.417 e. The normalized spacial score (nSPS) is 14.8. The molecule has 1 saturated heterocycles. The van der Waals surface area contributed by atoms with Gasteiger partial charge in [-0.1, -0.05) is 6.07 Å². The second kappa shape index (κ2) is 8.91. The maximum absolute atomic E-state index is 12.7. The van der Waals surface area contributed by atoms with Crippen LogP contribution in [-0.2, 0) is 12.7 Å². The Morgan fingerprint density at radius 2 is 1.94 bits per heavy atom. The molecule has 0 spiro atoms. The number of nitrogens with two attached hydrogens (primary N) is 1. The summed E-state index contributed by atoms with van der Waals surface area (Å²) >= 11 is 0. The number of aromatic amines is 1. The van der Waals surface area contributed by atoms with Crippen LogP contribution in [0.25, 0.3) is 11.3 Å². The lowest BCUT2D eigenvalue weighted by molar-refractivity contribution is -0.137. The third kappa shape index (κ3) is 4.80. The zero-order valence-electron chi connectivity index (χ0n) is 17.4. The standard InChI is InChI=1S/C22H20F3N7O/c23-22(24,25)17-3-4-19(28-12-17)32-7-5-31(6-8-32)13-16-11-29-30-20(16)14-1-2-15(10-26)18(9-14)21(27)33/h1-4,9,11-12H,5-8,13H2,(H2,27,33)(H,29,30). The van der Waals surface area contributed by atoms with Crippen molar-refractivity contribution < 1.29 is 18.0 Å². The van der Waals surface area contributed by atoms with Crippen molar-refractivity contribution in [2.75, 3.05) is 31.1 Å². The number of amides is 1. The average Bonchev–Trinajstić information content (AvgIpc) is 3.26. The first kappa shape index (κ1) is 22.3. The number of primary amides is 1. The highest BCUT2D eigenvalue weighted by Crippen LogP contribution is 2.30. The van der Waals surface area contributed by atoms with Crippen LogP contribution in [0.4, 0.5) is 19.0 Å². The maximum atomic E-state index is 12.7. The van der Waals surface area contributed by atoms with Gasteiger partial charge in [0.1, 0.15) is 5.82 Å². The number of anilines is 1. The number of pyridine rings is 1. The second-order valence-corrected chi connectivity index (χ2v) is 7.66. The molecule has 0 bridgehead atoms. The van der Waals surface area contributed by atoms with Gasteiger partial charge in [0.2, 0.25) is 5.91 Å². The van der Waals surface area contributed by atoms with E-state index in [0.29, 0.717) is 49.8 Å². The van der Waals surface area contributed by atoms with Crippen LogP contribution in [0, 0.1) is 11.3 Å². The summed E-state index contributed by atoms with van der Waals surface area (Å²) in [4.78, 5) is 19.8. The summed E-state index contributed by atoms with van der Waals surface area (Å²) in [6.45, 7) is 3.20. The van der Waals surface area contributed by atoms with E-state index in [0.717, 1.165) is 17.8 Å². The number of piperazine rings is 1. The molecular formula is C22H20F3N7O. The summed E-state index contributed by atoms with van der Waals surface area (Å²) in [5.74, 6) is -0.165. The van der Waals surface area contributed by atoms with Crippen molar-refractivity contribution in [2.45, 2.75) is 12.7 Å². The first-order valence-corrected chi connectivity index (χ1v) is 10.1. The number of halogens is 3. The van der Waals surface area contributed by atoms with Crippen LogP contribution in [0.1, 0.15) is 27.0 Å². The van der Waals surface area contributed by atoms with Gasteiger partial charge in [-0.2, -0.15) is 23.5 Å². The van der Waals surface area contributed by atoms with Crippen LogP contribution < -0.4 is 10.6 Å². The minimum absolute atomic E-state index is 0.140. The van der Waals surface area contributed by atoms with Crippen LogP contribution in [0.5, 0.6) is 0 Å². The zero-order chi connectivity index (χ0) is 23.6. The second-order valence-electron chi connectivity index (χ2n) is 7.66. The molecule has 1 amide bonds. The van der Waals surface area contributed by atoms with Crippen molar-refractivity contribution in [1.82, 2.24) is 20.1 Å². The number of benzene rings is 1. The molecule has 3 N–H and O–H groups in total. The smallest absolute Gasteiger partial charge is 0.366 e. The fourth-order valence-corrected chi connectivity index (χ4v) is 3.80. The van der Waals surface area contributed by atoms with Crippen LogP contribution in [0.2, 0.25) is 0 Å². The minimum Gasteiger partial charge on any atom is -0.366 e. The number of rotatable bonds is 5. The molecular weight excluding hydrogens is 435 g/mol. The number of alkyl halides is 3. The number of H-pyrrole nitrogens is 1. The van der Waals surface area contributed by atoms with Crippen molar-refractivity contribution in [3.05, 3.63) is 65.0 Å². The van der Waals surface area contributed by atoms with E-state index in [4.69, 9.17) is 11.0 Å². The van der Waals surface area contributed by atoms with E-state index in [9.17, 15) is 18.0 Å². The monoisotopic (exact) mass is 455 g/mol. The number of aromatic nitrogens is 3. The third-order valence-electron chi connectivity index (χ3n) is 5.56. The molecule has 1 aromatic carbocycles. The molecule has 8 nitrogen and oxygen atoms in total. The van der Waals surface area contributed by atoms with Gasteiger partial charge in [0.25, 0.3) is 0 Å². The van der Waals surface area contributed by atoms with E-state index in [1.54, 1.807) is 24.4 Å². The predicted octanol–water partition coefficient (Wildman–Crippen LogP) is 2.78. The van der Waals surface area contributed by atoms with Gasteiger partial charge in [-0.05, 0) is 24.3 Å². The lowest BCUT2D eigenvalue weighted by atomic mass is 10.0. The Hall–Kier alpha value is -3.91. The predicted molar refractivity (Wildman–Crippen MR) is 114 cm³/mol. The Morgan fingerprint density at radius 3 is 2.55 bits per heavy atom. The Kier molecular flexibility index (Phi) is 6.02. The number of hydrogen-bond acceptors (Lipinski definition) is 6. The molecule has 4 rings (SSSR count). The van der Waals surface area contributed by atoms with E-state index in [1.807, 2.05) is 11.0 Å². The van der Waals surface area contributed by atoms with E-state index in [-0.39, 0.29) is 11.1 Å². The number of carbonyl (C=O) groups excluding carboxylic acids is 1. The number of hydrogen-bond donors (Lipinski definition) is 2. The number of nitriles is 1. The molecule has 3 heterocycles. The highest BCUT2D eigenvalue weighted by Gasteiger charge is 2.31. The topological polar surface area (TPSA) is 115 Å². The van der Waals surface area contributed by atoms with Crippen molar-refractivity contribution in [3.8, 4) is 17.3 Å². The fourth-order valence-electron chi connectivity index (χ4n) is 3.80. The molecule has 170 valence electrons. The summed E-state index contributed by atoms with van der Waals surface area (Å²) < 4.78 is 38.2.